The van der Waals surface area contributed by atoms with Crippen molar-refractivity contribution in [3.05, 3.63) is 70.9 Å². The number of nitrogens with two attached hydrogens (primary N) is 1. The van der Waals surface area contributed by atoms with Crippen LogP contribution in [-0.4, -0.2) is 67.6 Å². The molecule has 0 unspecified atom stereocenters. The largest absolute Gasteiger partial charge is 0.404 e. The van der Waals surface area contributed by atoms with Crippen LogP contribution in [0.3, 0.4) is 0 Å². The molecule has 7 nitrogen and oxygen atoms in total. The molecule has 2 saturated heterocycles. The van der Waals surface area contributed by atoms with Crippen molar-refractivity contribution in [1.82, 2.24) is 9.80 Å². The summed E-state index contributed by atoms with van der Waals surface area (Å²) in [6.45, 7) is 8.75. The lowest BCUT2D eigenvalue weighted by Gasteiger charge is -2.32. The van der Waals surface area contributed by atoms with Gasteiger partial charge in [-0.1, -0.05) is 50.1 Å². The van der Waals surface area contributed by atoms with E-state index in [-0.39, 0.29) is 17.7 Å². The number of benzene rings is 2. The van der Waals surface area contributed by atoms with Gasteiger partial charge in [-0.25, -0.2) is 0 Å². The first-order valence-electron chi connectivity index (χ1n) is 15.3. The third kappa shape index (κ3) is 8.07. The van der Waals surface area contributed by atoms with Crippen molar-refractivity contribution in [3.63, 3.8) is 0 Å². The minimum Gasteiger partial charge on any atom is -0.404 e. The molecule has 2 aliphatic rings. The third-order valence-corrected chi connectivity index (χ3v) is 8.72. The molecule has 0 saturated carbocycles. The number of rotatable bonds is 10. The van der Waals surface area contributed by atoms with Gasteiger partial charge in [0.2, 0.25) is 5.91 Å². The average molecular weight is 558 g/mol. The summed E-state index contributed by atoms with van der Waals surface area (Å²) in [6, 6.07) is 14.2. The molecule has 0 aromatic heterocycles. The quantitative estimate of drug-likeness (QED) is 0.283. The van der Waals surface area contributed by atoms with Gasteiger partial charge >= 0.3 is 0 Å². The van der Waals surface area contributed by atoms with Crippen molar-refractivity contribution in [2.45, 2.75) is 64.7 Å². The van der Waals surface area contributed by atoms with Crippen LogP contribution in [0, 0.1) is 12.8 Å². The van der Waals surface area contributed by atoms with Crippen LogP contribution in [0.25, 0.3) is 5.57 Å². The number of allylic oxidation sites excluding steroid dienone is 1. The number of carbonyl (C=O) groups is 2. The van der Waals surface area contributed by atoms with Gasteiger partial charge in [0, 0.05) is 55.3 Å². The second-order valence-electron chi connectivity index (χ2n) is 11.5. The molecule has 0 radical (unpaired) electrons. The molecular weight excluding hydrogens is 510 g/mol. The van der Waals surface area contributed by atoms with Crippen molar-refractivity contribution in [1.29, 1.82) is 0 Å². The molecule has 4 rings (SSSR count). The zero-order valence-electron chi connectivity index (χ0n) is 25.1. The fourth-order valence-electron chi connectivity index (χ4n) is 6.03. The van der Waals surface area contributed by atoms with Crippen LogP contribution in [0.15, 0.2) is 53.7 Å². The Kier molecular flexibility index (Phi) is 11.1. The standard InChI is InChI=1S/C34H47N5O2/c1-4-5-6-17-38-18-13-29(14-19-38)33(40)37-32-22-30(8-7-25(32)2)34(41)39-20-15-28(16-21-39)26-9-11-27(12-10-26)31(23-35)24-36-3/h7-12,22-24,28-29H,4-6,13-21,35H2,1-3H3,(H,37,40). The van der Waals surface area contributed by atoms with Gasteiger partial charge in [0.05, 0.1) is 0 Å². The van der Waals surface area contributed by atoms with Crippen LogP contribution < -0.4 is 11.1 Å². The first kappa shape index (κ1) is 30.5. The summed E-state index contributed by atoms with van der Waals surface area (Å²) >= 11 is 0. The topological polar surface area (TPSA) is 91.0 Å². The van der Waals surface area contributed by atoms with Crippen LogP contribution in [-0.2, 0) is 4.79 Å². The summed E-state index contributed by atoms with van der Waals surface area (Å²) in [6.07, 6.45) is 10.7. The number of piperidine rings is 2. The summed E-state index contributed by atoms with van der Waals surface area (Å²) in [4.78, 5) is 35.0. The average Bonchev–Trinajstić information content (AvgIpc) is 3.01. The molecule has 2 amide bonds. The first-order chi connectivity index (χ1) is 19.9. The number of nitrogens with zero attached hydrogens (tertiary/aromatic N) is 3. The van der Waals surface area contributed by atoms with Gasteiger partial charge in [0.1, 0.15) is 0 Å². The number of hydrogen-bond donors (Lipinski definition) is 2. The van der Waals surface area contributed by atoms with Crippen LogP contribution in [0.2, 0.25) is 0 Å². The fourth-order valence-corrected chi connectivity index (χ4v) is 6.03. The van der Waals surface area contributed by atoms with Gasteiger partial charge < -0.3 is 20.9 Å². The molecule has 7 heteroatoms. The molecule has 0 spiro atoms. The van der Waals surface area contributed by atoms with Gasteiger partial charge in [-0.2, -0.15) is 0 Å². The van der Waals surface area contributed by atoms with Crippen LogP contribution in [0.5, 0.6) is 0 Å². The highest BCUT2D eigenvalue weighted by atomic mass is 16.2. The van der Waals surface area contributed by atoms with E-state index in [0.29, 0.717) is 24.6 Å². The number of aryl methyl sites for hydroxylation is 1. The van der Waals surface area contributed by atoms with E-state index < -0.39 is 0 Å². The Labute approximate surface area is 245 Å². The van der Waals surface area contributed by atoms with E-state index in [1.807, 2.05) is 30.0 Å². The van der Waals surface area contributed by atoms with Crippen molar-refractivity contribution < 1.29 is 9.59 Å². The smallest absolute Gasteiger partial charge is 0.253 e. The number of unbranched alkanes of at least 4 members (excludes halogenated alkanes) is 2. The molecule has 220 valence electrons. The molecule has 2 aromatic carbocycles. The van der Waals surface area contributed by atoms with Gasteiger partial charge in [0.15, 0.2) is 0 Å². The Balaban J connectivity index is 1.30. The molecule has 2 heterocycles. The van der Waals surface area contributed by atoms with E-state index in [0.717, 1.165) is 67.7 Å². The van der Waals surface area contributed by atoms with Crippen molar-refractivity contribution in [3.8, 4) is 0 Å². The monoisotopic (exact) mass is 557 g/mol. The highest BCUT2D eigenvalue weighted by Gasteiger charge is 2.27. The minimum atomic E-state index is 0.0296. The molecule has 2 fully saturated rings. The Morgan fingerprint density at radius 3 is 2.29 bits per heavy atom. The Bertz CT molecular complexity index is 1220. The van der Waals surface area contributed by atoms with Crippen molar-refractivity contribution >= 4 is 29.3 Å². The lowest BCUT2D eigenvalue weighted by Crippen LogP contribution is -2.39. The van der Waals surface area contributed by atoms with Gasteiger partial charge in [-0.15, -0.1) is 0 Å². The van der Waals surface area contributed by atoms with Crippen LogP contribution >= 0.6 is 0 Å². The Morgan fingerprint density at radius 1 is 0.976 bits per heavy atom. The number of carbonyl (C=O) groups excluding carboxylic acids is 2. The SMILES string of the molecule is CCCCCN1CCC(C(=O)Nc2cc(C(=O)N3CCC(c4ccc(C(C=NC)=CN)cc4)CC3)ccc2C)CC1. The Morgan fingerprint density at radius 2 is 1.66 bits per heavy atom. The summed E-state index contributed by atoms with van der Waals surface area (Å²) in [5.74, 6) is 0.561. The number of anilines is 1. The summed E-state index contributed by atoms with van der Waals surface area (Å²) < 4.78 is 0. The van der Waals surface area contributed by atoms with Crippen LogP contribution in [0.1, 0.15) is 84.8 Å². The van der Waals surface area contributed by atoms with Crippen LogP contribution in [0.4, 0.5) is 5.69 Å². The minimum absolute atomic E-state index is 0.0296. The predicted molar refractivity (Wildman–Crippen MR) is 169 cm³/mol. The zero-order valence-corrected chi connectivity index (χ0v) is 25.1. The number of amides is 2. The van der Waals surface area contributed by atoms with Gasteiger partial charge in [-0.05, 0) is 93.4 Å². The molecule has 2 aromatic rings. The first-order valence-corrected chi connectivity index (χ1v) is 15.3. The fraction of sp³-hybridized carbons (Fsp3) is 0.500. The summed E-state index contributed by atoms with van der Waals surface area (Å²) in [5, 5.41) is 3.15. The van der Waals surface area contributed by atoms with Gasteiger partial charge in [-0.3, -0.25) is 14.6 Å². The van der Waals surface area contributed by atoms with Crippen molar-refractivity contribution in [2.24, 2.45) is 16.6 Å². The molecule has 0 atom stereocenters. The molecule has 0 aliphatic carbocycles. The van der Waals surface area contributed by atoms with E-state index in [1.54, 1.807) is 19.5 Å². The highest BCUT2D eigenvalue weighted by molar-refractivity contribution is 6.09. The zero-order chi connectivity index (χ0) is 29.2. The Hall–Kier alpha value is -3.45. The predicted octanol–water partition coefficient (Wildman–Crippen LogP) is 5.86. The lowest BCUT2D eigenvalue weighted by molar-refractivity contribution is -0.121. The van der Waals surface area contributed by atoms with E-state index in [4.69, 9.17) is 5.73 Å². The highest BCUT2D eigenvalue weighted by Crippen LogP contribution is 2.30. The molecular formula is C34H47N5O2. The number of hydrogen-bond acceptors (Lipinski definition) is 5. The van der Waals surface area contributed by atoms with Crippen molar-refractivity contribution in [2.75, 3.05) is 45.1 Å². The third-order valence-electron chi connectivity index (χ3n) is 8.72. The lowest BCUT2D eigenvalue weighted by atomic mass is 9.88. The summed E-state index contributed by atoms with van der Waals surface area (Å²) in [7, 11) is 1.74. The van der Waals surface area contributed by atoms with Gasteiger partial charge in [0.25, 0.3) is 5.91 Å². The van der Waals surface area contributed by atoms with E-state index in [9.17, 15) is 9.59 Å². The molecule has 0 bridgehead atoms. The van der Waals surface area contributed by atoms with E-state index in [2.05, 4.69) is 46.4 Å². The number of likely N-dealkylation sites (tertiary alicyclic amines) is 2. The number of nitrogens with one attached hydrogen (secondary N) is 1. The second kappa shape index (κ2) is 15.0. The maximum atomic E-state index is 13.4. The number of aliphatic imine (C=N–C) groups is 1. The normalized spacial score (nSPS) is 17.7. The second-order valence-corrected chi connectivity index (χ2v) is 11.5. The maximum Gasteiger partial charge on any atom is 0.253 e. The molecule has 3 N–H and O–H groups in total. The molecule has 41 heavy (non-hydrogen) atoms. The maximum absolute atomic E-state index is 13.4. The molecule has 2 aliphatic heterocycles. The van der Waals surface area contributed by atoms with E-state index >= 15 is 0 Å². The van der Waals surface area contributed by atoms with E-state index in [1.165, 1.54) is 24.8 Å². The summed E-state index contributed by atoms with van der Waals surface area (Å²) in [5.41, 5.74) is 11.3.